The molecule has 1 unspecified atom stereocenters. The third-order valence-corrected chi connectivity index (χ3v) is 3.37. The number of rotatable bonds is 6. The number of aromatic nitrogens is 2. The minimum atomic E-state index is -4.91. The summed E-state index contributed by atoms with van der Waals surface area (Å²) in [4.78, 5) is 0. The van der Waals surface area contributed by atoms with Crippen molar-refractivity contribution in [2.24, 2.45) is 7.05 Å². The smallest absolute Gasteiger partial charge is 0.405 e. The molecule has 1 heterocycles. The van der Waals surface area contributed by atoms with Gasteiger partial charge in [-0.1, -0.05) is 6.07 Å². The molecule has 0 aliphatic rings. The minimum absolute atomic E-state index is 0.0396. The molecule has 0 spiro atoms. The van der Waals surface area contributed by atoms with E-state index >= 15 is 0 Å². The molecule has 1 aromatic carbocycles. The third-order valence-electron chi connectivity index (χ3n) is 3.37. The summed E-state index contributed by atoms with van der Waals surface area (Å²) in [5.41, 5.74) is -0.585. The van der Waals surface area contributed by atoms with Crippen LogP contribution in [-0.2, 0) is 19.2 Å². The van der Waals surface area contributed by atoms with Crippen LogP contribution in [0.4, 0.5) is 17.6 Å². The summed E-state index contributed by atoms with van der Waals surface area (Å²) in [6.45, 7) is 1.57. The number of aliphatic hydroxyl groups is 1. The van der Waals surface area contributed by atoms with Crippen molar-refractivity contribution in [3.8, 4) is 5.75 Å². The molecule has 9 heteroatoms. The normalized spacial score (nSPS) is 14.5. The van der Waals surface area contributed by atoms with Crippen LogP contribution in [0.25, 0.3) is 0 Å². The van der Waals surface area contributed by atoms with Crippen molar-refractivity contribution in [1.82, 2.24) is 15.1 Å². The topological polar surface area (TPSA) is 59.3 Å². The molecule has 0 saturated heterocycles. The van der Waals surface area contributed by atoms with Gasteiger partial charge in [-0.3, -0.25) is 4.68 Å². The van der Waals surface area contributed by atoms with Gasteiger partial charge >= 0.3 is 6.36 Å². The Morgan fingerprint density at radius 2 is 2.04 bits per heavy atom. The monoisotopic (exact) mass is 347 g/mol. The van der Waals surface area contributed by atoms with Crippen molar-refractivity contribution in [3.05, 3.63) is 47.5 Å². The van der Waals surface area contributed by atoms with Gasteiger partial charge in [-0.25, -0.2) is 4.39 Å². The van der Waals surface area contributed by atoms with E-state index in [0.717, 1.165) is 6.07 Å². The van der Waals surface area contributed by atoms with Crippen LogP contribution >= 0.6 is 0 Å². The van der Waals surface area contributed by atoms with E-state index in [1.807, 2.05) is 0 Å². The second-order valence-corrected chi connectivity index (χ2v) is 5.58. The summed E-state index contributed by atoms with van der Waals surface area (Å²) in [6, 6.07) is 2.91. The molecule has 1 aromatic heterocycles. The molecule has 0 aliphatic heterocycles. The van der Waals surface area contributed by atoms with E-state index in [2.05, 4.69) is 15.2 Å². The molecule has 5 nitrogen and oxygen atoms in total. The lowest BCUT2D eigenvalue weighted by molar-refractivity contribution is -0.275. The summed E-state index contributed by atoms with van der Waals surface area (Å²) in [5, 5.41) is 17.2. The van der Waals surface area contributed by atoms with E-state index < -0.39 is 23.5 Å². The van der Waals surface area contributed by atoms with Crippen molar-refractivity contribution in [2.75, 3.05) is 6.54 Å². The Bertz CT molecular complexity index is 698. The number of hydrogen-bond donors (Lipinski definition) is 2. The summed E-state index contributed by atoms with van der Waals surface area (Å²) < 4.78 is 55.6. The largest absolute Gasteiger partial charge is 0.573 e. The SMILES string of the molecule is Cn1cc(C(C)(O)CNCc2ccc(F)cc2OC(F)(F)F)cn1. The van der Waals surface area contributed by atoms with Gasteiger partial charge in [0.1, 0.15) is 17.2 Å². The second-order valence-electron chi connectivity index (χ2n) is 5.58. The Morgan fingerprint density at radius 3 is 2.62 bits per heavy atom. The maximum absolute atomic E-state index is 13.1. The van der Waals surface area contributed by atoms with E-state index in [4.69, 9.17) is 0 Å². The Kier molecular flexibility index (Phi) is 5.14. The highest BCUT2D eigenvalue weighted by Gasteiger charge is 2.32. The van der Waals surface area contributed by atoms with E-state index in [1.165, 1.54) is 16.9 Å². The highest BCUT2D eigenvalue weighted by molar-refractivity contribution is 5.34. The highest BCUT2D eigenvalue weighted by Crippen LogP contribution is 2.27. The molecule has 0 bridgehead atoms. The number of aryl methyl sites for hydroxylation is 1. The second kappa shape index (κ2) is 6.78. The fourth-order valence-electron chi connectivity index (χ4n) is 2.14. The number of halogens is 4. The molecule has 2 aromatic rings. The van der Waals surface area contributed by atoms with Crippen LogP contribution in [0.1, 0.15) is 18.1 Å². The highest BCUT2D eigenvalue weighted by atomic mass is 19.4. The van der Waals surface area contributed by atoms with Crippen molar-refractivity contribution in [3.63, 3.8) is 0 Å². The van der Waals surface area contributed by atoms with Gasteiger partial charge in [0, 0.05) is 43.5 Å². The lowest BCUT2D eigenvalue weighted by Crippen LogP contribution is -2.35. The number of hydrogen-bond acceptors (Lipinski definition) is 4. The van der Waals surface area contributed by atoms with Gasteiger partial charge in [0.2, 0.25) is 0 Å². The van der Waals surface area contributed by atoms with Crippen molar-refractivity contribution in [2.45, 2.75) is 25.4 Å². The standard InChI is InChI=1S/C15H17F4N3O2/c1-14(23,11-7-21-22(2)8-11)9-20-6-10-3-4-12(16)5-13(10)24-15(17,18)19/h3-5,7-8,20,23H,6,9H2,1-2H3. The van der Waals surface area contributed by atoms with Gasteiger partial charge in [0.25, 0.3) is 0 Å². The number of alkyl halides is 3. The predicted octanol–water partition coefficient (Wildman–Crippen LogP) is 2.46. The van der Waals surface area contributed by atoms with Crippen LogP contribution in [0.5, 0.6) is 5.75 Å². The maximum Gasteiger partial charge on any atom is 0.573 e. The van der Waals surface area contributed by atoms with Gasteiger partial charge in [-0.15, -0.1) is 13.2 Å². The molecule has 0 radical (unpaired) electrons. The van der Waals surface area contributed by atoms with E-state index in [1.54, 1.807) is 20.2 Å². The van der Waals surface area contributed by atoms with Crippen LogP contribution in [0.2, 0.25) is 0 Å². The third kappa shape index (κ3) is 4.93. The molecular weight excluding hydrogens is 330 g/mol. The molecule has 24 heavy (non-hydrogen) atoms. The first-order valence-corrected chi connectivity index (χ1v) is 7.03. The van der Waals surface area contributed by atoms with E-state index in [0.29, 0.717) is 11.6 Å². The fraction of sp³-hybridized carbons (Fsp3) is 0.400. The molecule has 0 saturated carbocycles. The summed E-state index contributed by atoms with van der Waals surface area (Å²) in [7, 11) is 1.70. The van der Waals surface area contributed by atoms with Gasteiger partial charge in [-0.2, -0.15) is 5.10 Å². The zero-order valence-corrected chi connectivity index (χ0v) is 13.1. The molecule has 2 N–H and O–H groups in total. The molecule has 0 amide bonds. The predicted molar refractivity (Wildman–Crippen MR) is 77.6 cm³/mol. The summed E-state index contributed by atoms with van der Waals surface area (Å²) >= 11 is 0. The molecular formula is C15H17F4N3O2. The number of nitrogens with one attached hydrogen (secondary N) is 1. The molecule has 0 aliphatic carbocycles. The number of ether oxygens (including phenoxy) is 1. The summed E-state index contributed by atoms with van der Waals surface area (Å²) in [6.07, 6.45) is -1.78. The zero-order chi connectivity index (χ0) is 18.0. The van der Waals surface area contributed by atoms with Gasteiger partial charge < -0.3 is 15.2 Å². The minimum Gasteiger partial charge on any atom is -0.405 e. The average molecular weight is 347 g/mol. The molecule has 2 rings (SSSR count). The first-order valence-electron chi connectivity index (χ1n) is 7.03. The van der Waals surface area contributed by atoms with Crippen LogP contribution in [-0.4, -0.2) is 27.8 Å². The Balaban J connectivity index is 2.04. The van der Waals surface area contributed by atoms with Gasteiger partial charge in [-0.05, 0) is 13.0 Å². The van der Waals surface area contributed by atoms with E-state index in [-0.39, 0.29) is 18.7 Å². The number of benzene rings is 1. The number of nitrogens with zero attached hydrogens (tertiary/aromatic N) is 2. The average Bonchev–Trinajstić information content (AvgIpc) is 2.87. The van der Waals surface area contributed by atoms with Gasteiger partial charge in [0.05, 0.1) is 6.20 Å². The van der Waals surface area contributed by atoms with Crippen LogP contribution < -0.4 is 10.1 Å². The van der Waals surface area contributed by atoms with Crippen molar-refractivity contribution < 1.29 is 27.4 Å². The lowest BCUT2D eigenvalue weighted by Gasteiger charge is -2.23. The Labute approximate surface area is 135 Å². The van der Waals surface area contributed by atoms with E-state index in [9.17, 15) is 22.7 Å². The zero-order valence-electron chi connectivity index (χ0n) is 13.1. The fourth-order valence-corrected chi connectivity index (χ4v) is 2.14. The van der Waals surface area contributed by atoms with Crippen LogP contribution in [0.15, 0.2) is 30.6 Å². The summed E-state index contributed by atoms with van der Waals surface area (Å²) in [5.74, 6) is -1.45. The first-order chi connectivity index (χ1) is 11.1. The van der Waals surface area contributed by atoms with Crippen LogP contribution in [0.3, 0.4) is 0 Å². The molecule has 132 valence electrons. The quantitative estimate of drug-likeness (QED) is 0.788. The van der Waals surface area contributed by atoms with Crippen molar-refractivity contribution >= 4 is 0 Å². The maximum atomic E-state index is 13.1. The van der Waals surface area contributed by atoms with Crippen molar-refractivity contribution in [1.29, 1.82) is 0 Å². The van der Waals surface area contributed by atoms with Gasteiger partial charge in [0.15, 0.2) is 0 Å². The first kappa shape index (κ1) is 18.2. The Hall–Kier alpha value is -2.13. The lowest BCUT2D eigenvalue weighted by atomic mass is 9.99. The molecule has 1 atom stereocenters. The van der Waals surface area contributed by atoms with Crippen LogP contribution in [0, 0.1) is 5.82 Å². The molecule has 0 fully saturated rings. The Morgan fingerprint density at radius 1 is 1.33 bits per heavy atom.